The van der Waals surface area contributed by atoms with Crippen molar-refractivity contribution in [2.45, 2.75) is 81.0 Å². The molecule has 8 nitrogen and oxygen atoms in total. The third-order valence-corrected chi connectivity index (χ3v) is 10.6. The highest BCUT2D eigenvalue weighted by Gasteiger charge is 2.75. The van der Waals surface area contributed by atoms with Crippen LogP contribution < -0.4 is 14.2 Å². The number of carbonyl (C=O) groups excluding carboxylic acids is 2. The van der Waals surface area contributed by atoms with E-state index in [0.717, 1.165) is 30.6 Å². The summed E-state index contributed by atoms with van der Waals surface area (Å²) in [7, 11) is 3.33. The van der Waals surface area contributed by atoms with Gasteiger partial charge in [0.2, 0.25) is 5.91 Å². The topological polar surface area (TPSA) is 77.5 Å². The Hall–Kier alpha value is -3.73. The molecule has 2 aromatic rings. The van der Waals surface area contributed by atoms with Crippen molar-refractivity contribution < 1.29 is 41.7 Å². The van der Waals surface area contributed by atoms with E-state index < -0.39 is 23.5 Å². The number of likely N-dealkylation sites (tertiary alicyclic amines) is 1. The van der Waals surface area contributed by atoms with Crippen molar-refractivity contribution in [2.24, 2.45) is 5.92 Å². The number of nitrogens with zero attached hydrogens (tertiary/aromatic N) is 2. The summed E-state index contributed by atoms with van der Waals surface area (Å²) >= 11 is 0. The molecule has 240 valence electrons. The highest BCUT2D eigenvalue weighted by atomic mass is 19.4. The summed E-state index contributed by atoms with van der Waals surface area (Å²) in [6.07, 6.45) is 2.54. The largest absolute Gasteiger partial charge is 0.573 e. The van der Waals surface area contributed by atoms with Gasteiger partial charge in [0.05, 0.1) is 24.6 Å². The maximum absolute atomic E-state index is 13.6. The summed E-state index contributed by atoms with van der Waals surface area (Å²) < 4.78 is 61.4. The minimum Gasteiger partial charge on any atom is -0.493 e. The van der Waals surface area contributed by atoms with Crippen LogP contribution in [0.4, 0.5) is 13.2 Å². The first-order valence-electron chi connectivity index (χ1n) is 15.6. The van der Waals surface area contributed by atoms with Crippen molar-refractivity contribution in [1.82, 2.24) is 9.80 Å². The molecule has 1 spiro atoms. The molecular weight excluding hydrogens is 589 g/mol. The molecule has 0 radical (unpaired) electrons. The Morgan fingerprint density at radius 1 is 1.16 bits per heavy atom. The quantitative estimate of drug-likeness (QED) is 0.292. The zero-order chi connectivity index (χ0) is 31.7. The highest BCUT2D eigenvalue weighted by Crippen LogP contribution is 2.67. The number of esters is 1. The van der Waals surface area contributed by atoms with Gasteiger partial charge in [0.25, 0.3) is 0 Å². The summed E-state index contributed by atoms with van der Waals surface area (Å²) in [5, 5.41) is 0. The van der Waals surface area contributed by atoms with Crippen LogP contribution in [0.3, 0.4) is 0 Å². The first-order chi connectivity index (χ1) is 21.5. The average molecular weight is 627 g/mol. The molecule has 45 heavy (non-hydrogen) atoms. The smallest absolute Gasteiger partial charge is 0.493 e. The first kappa shape index (κ1) is 30.0. The van der Waals surface area contributed by atoms with Gasteiger partial charge in [0.15, 0.2) is 11.5 Å². The Kier molecular flexibility index (Phi) is 7.11. The standard InChI is InChI=1S/C34H37F3N2O6/c1-20(40)44-33-14-13-25(38(2)28(41)12-9-21-5-4-6-24(17-21)45-34(35,36)37)31-32(33)15-16-39(19-22-7-8-22)27(33)18-23-10-11-26(42-3)30(43-31)29(23)32/h4-6,9-12,17,22,25,27,31H,7-8,13-16,18-19H2,1-3H3/t25-,27-,31+,32+,33-/m1/s1. The van der Waals surface area contributed by atoms with Crippen molar-refractivity contribution in [3.05, 3.63) is 59.2 Å². The number of hydrogen-bond acceptors (Lipinski definition) is 7. The summed E-state index contributed by atoms with van der Waals surface area (Å²) in [5.41, 5.74) is 1.10. The lowest BCUT2D eigenvalue weighted by molar-refractivity contribution is -0.274. The van der Waals surface area contributed by atoms with Gasteiger partial charge in [-0.2, -0.15) is 0 Å². The van der Waals surface area contributed by atoms with Crippen LogP contribution in [0.15, 0.2) is 42.5 Å². The molecule has 2 bridgehead atoms. The Balaban J connectivity index is 1.24. The van der Waals surface area contributed by atoms with E-state index in [1.54, 1.807) is 25.1 Å². The molecule has 2 saturated carbocycles. The SMILES string of the molecule is COc1ccc2c3c1O[C@H]1[C@H](N(C)C(=O)C=Cc4cccc(OC(F)(F)F)c4)CC[C@@]4(OC(C)=O)[C@@H](C2)N(CC2CC2)CC[C@]314. The molecule has 1 saturated heterocycles. The van der Waals surface area contributed by atoms with Gasteiger partial charge >= 0.3 is 12.3 Å². The monoisotopic (exact) mass is 626 g/mol. The van der Waals surface area contributed by atoms with Gasteiger partial charge in [-0.05, 0) is 86.4 Å². The van der Waals surface area contributed by atoms with Crippen LogP contribution in [-0.4, -0.2) is 79.1 Å². The number of benzene rings is 2. The summed E-state index contributed by atoms with van der Waals surface area (Å²) in [6.45, 7) is 3.29. The van der Waals surface area contributed by atoms with Crippen LogP contribution in [0.2, 0.25) is 0 Å². The maximum atomic E-state index is 13.6. The fourth-order valence-corrected chi connectivity index (χ4v) is 8.70. The molecule has 11 heteroatoms. The van der Waals surface area contributed by atoms with Crippen LogP contribution in [-0.2, 0) is 26.2 Å². The van der Waals surface area contributed by atoms with E-state index in [9.17, 15) is 22.8 Å². The fraction of sp³-hybridized carbons (Fsp3) is 0.529. The molecule has 5 atom stereocenters. The molecule has 5 aliphatic rings. The second kappa shape index (κ2) is 10.7. The van der Waals surface area contributed by atoms with Crippen molar-refractivity contribution in [2.75, 3.05) is 27.2 Å². The van der Waals surface area contributed by atoms with Crippen molar-refractivity contribution >= 4 is 18.0 Å². The second-order valence-corrected chi connectivity index (χ2v) is 13.0. The number of methoxy groups -OCH3 is 1. The number of amides is 1. The van der Waals surface area contributed by atoms with Crippen LogP contribution in [0.1, 0.15) is 55.7 Å². The molecule has 3 fully saturated rings. The zero-order valence-electron chi connectivity index (χ0n) is 25.6. The Morgan fingerprint density at radius 2 is 1.96 bits per heavy atom. The lowest BCUT2D eigenvalue weighted by Crippen LogP contribution is -2.79. The zero-order valence-corrected chi connectivity index (χ0v) is 25.6. The van der Waals surface area contributed by atoms with E-state index in [2.05, 4.69) is 15.7 Å². The molecular formula is C34H37F3N2O6. The van der Waals surface area contributed by atoms with Crippen LogP contribution in [0.5, 0.6) is 17.2 Å². The minimum atomic E-state index is -4.81. The number of ether oxygens (including phenoxy) is 4. The highest BCUT2D eigenvalue weighted by molar-refractivity contribution is 5.92. The van der Waals surface area contributed by atoms with E-state index in [0.29, 0.717) is 42.2 Å². The predicted molar refractivity (Wildman–Crippen MR) is 158 cm³/mol. The van der Waals surface area contributed by atoms with Crippen molar-refractivity contribution in [3.63, 3.8) is 0 Å². The van der Waals surface area contributed by atoms with Gasteiger partial charge in [0, 0.05) is 32.2 Å². The van der Waals surface area contributed by atoms with Crippen LogP contribution in [0.25, 0.3) is 6.08 Å². The molecule has 0 aromatic heterocycles. The molecule has 2 aliphatic heterocycles. The Bertz CT molecular complexity index is 1560. The number of carbonyl (C=O) groups is 2. The molecule has 0 unspecified atom stereocenters. The number of likely N-dealkylation sites (N-methyl/N-ethyl adjacent to an activating group) is 1. The molecule has 3 aliphatic carbocycles. The number of alkyl halides is 3. The van der Waals surface area contributed by atoms with Gasteiger partial charge in [-0.1, -0.05) is 18.2 Å². The summed E-state index contributed by atoms with van der Waals surface area (Å²) in [5.74, 6) is 0.944. The van der Waals surface area contributed by atoms with Crippen molar-refractivity contribution in [1.29, 1.82) is 0 Å². The second-order valence-electron chi connectivity index (χ2n) is 13.0. The normalized spacial score (nSPS) is 30.0. The third kappa shape index (κ3) is 4.85. The summed E-state index contributed by atoms with van der Waals surface area (Å²) in [4.78, 5) is 30.7. The van der Waals surface area contributed by atoms with E-state index in [1.165, 1.54) is 50.1 Å². The summed E-state index contributed by atoms with van der Waals surface area (Å²) in [6, 6.07) is 9.15. The predicted octanol–water partition coefficient (Wildman–Crippen LogP) is 5.27. The van der Waals surface area contributed by atoms with Gasteiger partial charge in [-0.3, -0.25) is 14.5 Å². The van der Waals surface area contributed by atoms with Crippen LogP contribution in [0, 0.1) is 5.92 Å². The lowest BCUT2D eigenvalue weighted by atomic mass is 9.48. The first-order valence-corrected chi connectivity index (χ1v) is 15.6. The van der Waals surface area contributed by atoms with Gasteiger partial charge in [-0.25, -0.2) is 0 Å². The average Bonchev–Trinajstić information content (AvgIpc) is 3.73. The minimum absolute atomic E-state index is 0.0123. The van der Waals surface area contributed by atoms with E-state index in [-0.39, 0.29) is 29.7 Å². The molecule has 2 heterocycles. The molecule has 1 amide bonds. The molecule has 0 N–H and O–H groups in total. The number of rotatable bonds is 8. The third-order valence-electron chi connectivity index (χ3n) is 10.6. The van der Waals surface area contributed by atoms with Gasteiger partial charge in [0.1, 0.15) is 17.5 Å². The Labute approximate surface area is 260 Å². The van der Waals surface area contributed by atoms with E-state index in [4.69, 9.17) is 14.2 Å². The lowest BCUT2D eigenvalue weighted by Gasteiger charge is -2.65. The maximum Gasteiger partial charge on any atom is 0.573 e. The number of halogens is 3. The van der Waals surface area contributed by atoms with Crippen molar-refractivity contribution in [3.8, 4) is 17.2 Å². The Morgan fingerprint density at radius 3 is 2.67 bits per heavy atom. The fourth-order valence-electron chi connectivity index (χ4n) is 8.70. The van der Waals surface area contributed by atoms with Gasteiger partial charge in [-0.15, -0.1) is 13.2 Å². The van der Waals surface area contributed by atoms with E-state index in [1.807, 2.05) is 6.07 Å². The van der Waals surface area contributed by atoms with E-state index >= 15 is 0 Å². The number of hydrogen-bond donors (Lipinski definition) is 0. The number of piperidine rings is 1. The molecule has 2 aromatic carbocycles. The van der Waals surface area contributed by atoms with Gasteiger partial charge < -0.3 is 23.8 Å². The van der Waals surface area contributed by atoms with Crippen LogP contribution >= 0.6 is 0 Å². The molecule has 7 rings (SSSR count).